The molecule has 19 heavy (non-hydrogen) atoms. The largest absolute Gasteiger partial charge is 0.467 e. The van der Waals surface area contributed by atoms with Crippen molar-refractivity contribution in [2.45, 2.75) is 57.9 Å². The molecule has 4 atom stereocenters. The Kier molecular flexibility index (Phi) is 4.83. The first-order valence-corrected chi connectivity index (χ1v) is 7.50. The van der Waals surface area contributed by atoms with Gasteiger partial charge in [-0.3, -0.25) is 4.79 Å². The van der Waals surface area contributed by atoms with Gasteiger partial charge in [-0.2, -0.15) is 0 Å². The van der Waals surface area contributed by atoms with Crippen LogP contribution in [0.3, 0.4) is 0 Å². The van der Waals surface area contributed by atoms with E-state index in [-0.39, 0.29) is 17.8 Å². The first-order valence-electron chi connectivity index (χ1n) is 7.50. The summed E-state index contributed by atoms with van der Waals surface area (Å²) >= 11 is 0. The molecule has 1 amide bonds. The fourth-order valence-corrected chi connectivity index (χ4v) is 3.68. The van der Waals surface area contributed by atoms with Crippen LogP contribution in [-0.2, 0) is 14.3 Å². The zero-order valence-electron chi connectivity index (χ0n) is 12.0. The minimum Gasteiger partial charge on any atom is -0.467 e. The predicted octanol–water partition coefficient (Wildman–Crippen LogP) is 2.27. The zero-order chi connectivity index (χ0) is 13.8. The molecule has 0 heterocycles. The molecule has 0 saturated heterocycles. The van der Waals surface area contributed by atoms with Crippen LogP contribution in [0.2, 0.25) is 0 Å². The third-order valence-electron chi connectivity index (χ3n) is 4.82. The smallest absolute Gasteiger partial charge is 0.328 e. The minimum absolute atomic E-state index is 0.0296. The number of esters is 1. The molecule has 0 aromatic rings. The van der Waals surface area contributed by atoms with Crippen molar-refractivity contribution in [2.75, 3.05) is 7.11 Å². The van der Waals surface area contributed by atoms with Gasteiger partial charge in [-0.25, -0.2) is 4.79 Å². The molecule has 2 rings (SSSR count). The summed E-state index contributed by atoms with van der Waals surface area (Å²) in [4.78, 5) is 23.5. The summed E-state index contributed by atoms with van der Waals surface area (Å²) in [6.45, 7) is 1.68. The molecule has 3 unspecified atom stereocenters. The number of nitrogens with one attached hydrogen (secondary N) is 1. The Hall–Kier alpha value is -1.06. The van der Waals surface area contributed by atoms with E-state index in [1.54, 1.807) is 6.92 Å². The summed E-state index contributed by atoms with van der Waals surface area (Å²) in [5.74, 6) is 1.32. The van der Waals surface area contributed by atoms with Crippen LogP contribution < -0.4 is 5.32 Å². The molecule has 2 saturated carbocycles. The van der Waals surface area contributed by atoms with Crippen molar-refractivity contribution in [3.63, 3.8) is 0 Å². The monoisotopic (exact) mass is 267 g/mol. The number of ether oxygens (including phenoxy) is 1. The second-order valence-corrected chi connectivity index (χ2v) is 6.07. The summed E-state index contributed by atoms with van der Waals surface area (Å²) in [7, 11) is 1.35. The van der Waals surface area contributed by atoms with Crippen molar-refractivity contribution >= 4 is 11.9 Å². The van der Waals surface area contributed by atoms with Crippen LogP contribution in [-0.4, -0.2) is 25.0 Å². The van der Waals surface area contributed by atoms with Crippen LogP contribution in [0.4, 0.5) is 0 Å². The second-order valence-electron chi connectivity index (χ2n) is 6.07. The molecule has 0 spiro atoms. The van der Waals surface area contributed by atoms with Gasteiger partial charge >= 0.3 is 5.97 Å². The lowest BCUT2D eigenvalue weighted by Gasteiger charge is -2.38. The maximum atomic E-state index is 12.2. The van der Waals surface area contributed by atoms with Crippen molar-refractivity contribution in [3.8, 4) is 0 Å². The Morgan fingerprint density at radius 1 is 1.11 bits per heavy atom. The van der Waals surface area contributed by atoms with Crippen molar-refractivity contribution < 1.29 is 14.3 Å². The molecule has 0 bridgehead atoms. The number of fused-ring (bicyclic) bond motifs is 1. The molecular formula is C15H25NO3. The number of carbonyl (C=O) groups excluding carboxylic acids is 2. The maximum Gasteiger partial charge on any atom is 0.328 e. The number of rotatable bonds is 3. The number of amides is 1. The van der Waals surface area contributed by atoms with E-state index in [2.05, 4.69) is 10.1 Å². The van der Waals surface area contributed by atoms with Crippen molar-refractivity contribution in [1.82, 2.24) is 5.32 Å². The highest BCUT2D eigenvalue weighted by atomic mass is 16.5. The Morgan fingerprint density at radius 2 is 1.79 bits per heavy atom. The fraction of sp³-hybridized carbons (Fsp3) is 0.867. The van der Waals surface area contributed by atoms with E-state index >= 15 is 0 Å². The lowest BCUT2D eigenvalue weighted by molar-refractivity contribution is -0.145. The molecule has 4 heteroatoms. The van der Waals surface area contributed by atoms with E-state index in [4.69, 9.17) is 0 Å². The second kappa shape index (κ2) is 6.40. The lowest BCUT2D eigenvalue weighted by atomic mass is 9.67. The standard InChI is InChI=1S/C15H25NO3/c1-10(15(18)19-2)16-14(17)13-8-7-11-5-3-4-6-12(11)9-13/h10-13H,3-9H2,1-2H3,(H,16,17)/t10-,11?,12?,13?/m0/s1. The maximum absolute atomic E-state index is 12.2. The van der Waals surface area contributed by atoms with Gasteiger partial charge in [0.15, 0.2) is 0 Å². The van der Waals surface area contributed by atoms with Gasteiger partial charge in [0.2, 0.25) is 5.91 Å². The third-order valence-corrected chi connectivity index (χ3v) is 4.82. The highest BCUT2D eigenvalue weighted by molar-refractivity contribution is 5.85. The lowest BCUT2D eigenvalue weighted by Crippen LogP contribution is -2.44. The van der Waals surface area contributed by atoms with Crippen LogP contribution in [0.15, 0.2) is 0 Å². The summed E-state index contributed by atoms with van der Waals surface area (Å²) in [6, 6.07) is -0.540. The van der Waals surface area contributed by atoms with Gasteiger partial charge in [0.25, 0.3) is 0 Å². The molecule has 1 N–H and O–H groups in total. The van der Waals surface area contributed by atoms with E-state index in [1.165, 1.54) is 39.2 Å². The van der Waals surface area contributed by atoms with E-state index < -0.39 is 6.04 Å². The molecule has 2 aliphatic rings. The number of methoxy groups -OCH3 is 1. The van der Waals surface area contributed by atoms with Gasteiger partial charge in [0.05, 0.1) is 7.11 Å². The van der Waals surface area contributed by atoms with E-state index in [0.717, 1.165) is 24.7 Å². The average molecular weight is 267 g/mol. The number of carbonyl (C=O) groups is 2. The Bertz CT molecular complexity index is 342. The number of hydrogen-bond donors (Lipinski definition) is 1. The summed E-state index contributed by atoms with van der Waals surface area (Å²) in [5.41, 5.74) is 0. The quantitative estimate of drug-likeness (QED) is 0.798. The van der Waals surface area contributed by atoms with Crippen LogP contribution >= 0.6 is 0 Å². The molecule has 0 aromatic carbocycles. The minimum atomic E-state index is -0.540. The van der Waals surface area contributed by atoms with Gasteiger partial charge < -0.3 is 10.1 Å². The predicted molar refractivity (Wildman–Crippen MR) is 72.4 cm³/mol. The van der Waals surface area contributed by atoms with Gasteiger partial charge in [0, 0.05) is 5.92 Å². The first kappa shape index (κ1) is 14.4. The van der Waals surface area contributed by atoms with E-state index in [1.807, 2.05) is 0 Å². The van der Waals surface area contributed by atoms with Crippen LogP contribution in [0.25, 0.3) is 0 Å². The van der Waals surface area contributed by atoms with Crippen LogP contribution in [0.1, 0.15) is 51.9 Å². The average Bonchev–Trinajstić information content (AvgIpc) is 2.45. The van der Waals surface area contributed by atoms with Gasteiger partial charge in [-0.1, -0.05) is 25.7 Å². The molecule has 108 valence electrons. The Balaban J connectivity index is 1.85. The van der Waals surface area contributed by atoms with Gasteiger partial charge in [-0.05, 0) is 38.0 Å². The summed E-state index contributed by atoms with van der Waals surface area (Å²) in [6.07, 6.45) is 8.45. The zero-order valence-corrected chi connectivity index (χ0v) is 12.0. The Morgan fingerprint density at radius 3 is 2.47 bits per heavy atom. The Labute approximate surface area is 115 Å². The molecule has 2 fully saturated rings. The van der Waals surface area contributed by atoms with Gasteiger partial charge in [-0.15, -0.1) is 0 Å². The van der Waals surface area contributed by atoms with Crippen LogP contribution in [0, 0.1) is 17.8 Å². The van der Waals surface area contributed by atoms with Crippen LogP contribution in [0.5, 0.6) is 0 Å². The normalized spacial score (nSPS) is 32.0. The summed E-state index contributed by atoms with van der Waals surface area (Å²) in [5, 5.41) is 2.78. The van der Waals surface area contributed by atoms with Crippen molar-refractivity contribution in [2.24, 2.45) is 17.8 Å². The topological polar surface area (TPSA) is 55.4 Å². The molecule has 2 aliphatic carbocycles. The molecule has 0 radical (unpaired) electrons. The summed E-state index contributed by atoms with van der Waals surface area (Å²) < 4.78 is 4.63. The highest BCUT2D eigenvalue weighted by Gasteiger charge is 2.35. The van der Waals surface area contributed by atoms with Gasteiger partial charge in [0.1, 0.15) is 6.04 Å². The molecular weight excluding hydrogens is 242 g/mol. The van der Waals surface area contributed by atoms with Crippen molar-refractivity contribution in [1.29, 1.82) is 0 Å². The fourth-order valence-electron chi connectivity index (χ4n) is 3.68. The highest BCUT2D eigenvalue weighted by Crippen LogP contribution is 2.42. The molecule has 0 aromatic heterocycles. The molecule has 0 aliphatic heterocycles. The molecule has 4 nitrogen and oxygen atoms in total. The van der Waals surface area contributed by atoms with E-state index in [9.17, 15) is 9.59 Å². The SMILES string of the molecule is COC(=O)[C@H](C)NC(=O)C1CCC2CCCCC2C1. The third kappa shape index (κ3) is 3.48. The first-order chi connectivity index (χ1) is 9.11. The van der Waals surface area contributed by atoms with Crippen molar-refractivity contribution in [3.05, 3.63) is 0 Å². The number of hydrogen-bond acceptors (Lipinski definition) is 3. The van der Waals surface area contributed by atoms with E-state index in [0.29, 0.717) is 0 Å².